The number of para-hydroxylation sites is 1. The van der Waals surface area contributed by atoms with Gasteiger partial charge in [0.15, 0.2) is 0 Å². The average molecular weight is 371 g/mol. The summed E-state index contributed by atoms with van der Waals surface area (Å²) in [5.74, 6) is 5.92. The summed E-state index contributed by atoms with van der Waals surface area (Å²) >= 11 is 0. The molecule has 0 spiro atoms. The Hall–Kier alpha value is -2.29. The van der Waals surface area contributed by atoms with Crippen LogP contribution >= 0.6 is 0 Å². The molecule has 0 saturated carbocycles. The second-order valence-electron chi connectivity index (χ2n) is 7.31. The van der Waals surface area contributed by atoms with E-state index in [1.807, 2.05) is 55.4 Å². The first kappa shape index (κ1) is 20.0. The molecule has 0 aliphatic carbocycles. The second-order valence-corrected chi connectivity index (χ2v) is 9.08. The van der Waals surface area contributed by atoms with Gasteiger partial charge in [0.25, 0.3) is 0 Å². The minimum absolute atomic E-state index is 0.0129. The van der Waals surface area contributed by atoms with Crippen molar-refractivity contribution in [1.82, 2.24) is 4.72 Å². The van der Waals surface area contributed by atoms with Gasteiger partial charge in [0, 0.05) is 19.7 Å². The minimum atomic E-state index is -3.57. The first-order chi connectivity index (χ1) is 12.1. The highest BCUT2D eigenvalue weighted by Gasteiger charge is 2.16. The molecule has 0 aliphatic heterocycles. The van der Waals surface area contributed by atoms with Crippen LogP contribution in [0, 0.1) is 11.8 Å². The molecule has 0 fully saturated rings. The highest BCUT2D eigenvalue weighted by atomic mass is 32.2. The summed E-state index contributed by atoms with van der Waals surface area (Å²) in [6.45, 7) is 6.34. The van der Waals surface area contributed by atoms with Crippen LogP contribution < -0.4 is 9.62 Å². The van der Waals surface area contributed by atoms with Crippen molar-refractivity contribution in [3.8, 4) is 11.8 Å². The van der Waals surface area contributed by atoms with Crippen LogP contribution in [-0.2, 0) is 15.4 Å². The molecule has 0 heterocycles. The number of rotatable bonds is 4. The fourth-order valence-electron chi connectivity index (χ4n) is 2.46. The van der Waals surface area contributed by atoms with E-state index in [0.717, 1.165) is 16.8 Å². The van der Waals surface area contributed by atoms with E-state index in [0.29, 0.717) is 0 Å². The van der Waals surface area contributed by atoms with E-state index < -0.39 is 10.0 Å². The fourth-order valence-corrected chi connectivity index (χ4v) is 3.38. The van der Waals surface area contributed by atoms with Crippen LogP contribution in [0.15, 0.2) is 53.4 Å². The van der Waals surface area contributed by atoms with Crippen LogP contribution in [0.3, 0.4) is 0 Å². The molecule has 0 bridgehead atoms. The maximum Gasteiger partial charge on any atom is 0.241 e. The fraction of sp³-hybridized carbons (Fsp3) is 0.333. The Morgan fingerprint density at radius 1 is 1.00 bits per heavy atom. The first-order valence-corrected chi connectivity index (χ1v) is 9.95. The number of anilines is 1. The normalized spacial score (nSPS) is 11.6. The van der Waals surface area contributed by atoms with Crippen molar-refractivity contribution in [1.29, 1.82) is 0 Å². The van der Waals surface area contributed by atoms with Gasteiger partial charge in [0.2, 0.25) is 10.0 Å². The third kappa shape index (κ3) is 5.10. The lowest BCUT2D eigenvalue weighted by molar-refractivity contribution is 0.581. The second kappa shape index (κ2) is 7.94. The molecule has 5 heteroatoms. The number of nitrogens with one attached hydrogen (secondary N) is 1. The lowest BCUT2D eigenvalue weighted by Gasteiger charge is -2.19. The van der Waals surface area contributed by atoms with Crippen molar-refractivity contribution in [3.05, 3.63) is 59.7 Å². The molecule has 0 amide bonds. The molecule has 0 radical (unpaired) electrons. The van der Waals surface area contributed by atoms with Gasteiger partial charge in [0.05, 0.1) is 17.1 Å². The molecule has 4 nitrogen and oxygen atoms in total. The molecule has 0 unspecified atom stereocenters. The maximum atomic E-state index is 12.4. The Balaban J connectivity index is 2.08. The van der Waals surface area contributed by atoms with E-state index in [-0.39, 0.29) is 16.9 Å². The van der Waals surface area contributed by atoms with E-state index in [1.165, 1.54) is 0 Å². The molecule has 2 rings (SSSR count). The predicted octanol–water partition coefficient (Wildman–Crippen LogP) is 3.38. The zero-order valence-corrected chi connectivity index (χ0v) is 16.8. The molecule has 2 aromatic rings. The number of sulfonamides is 1. The van der Waals surface area contributed by atoms with Gasteiger partial charge in [-0.1, -0.05) is 56.9 Å². The van der Waals surface area contributed by atoms with Crippen molar-refractivity contribution in [3.63, 3.8) is 0 Å². The van der Waals surface area contributed by atoms with Gasteiger partial charge in [-0.2, -0.15) is 4.72 Å². The zero-order valence-electron chi connectivity index (χ0n) is 16.0. The van der Waals surface area contributed by atoms with Crippen molar-refractivity contribution >= 4 is 15.7 Å². The van der Waals surface area contributed by atoms with E-state index >= 15 is 0 Å². The minimum Gasteiger partial charge on any atom is -0.377 e. The van der Waals surface area contributed by atoms with Crippen molar-refractivity contribution in [2.24, 2.45) is 0 Å². The zero-order chi connectivity index (χ0) is 19.4. The largest absolute Gasteiger partial charge is 0.377 e. The van der Waals surface area contributed by atoms with Crippen molar-refractivity contribution in [2.75, 3.05) is 25.5 Å². The predicted molar refractivity (Wildman–Crippen MR) is 108 cm³/mol. The standard InChI is InChI=1S/C21H26N2O2S/c1-21(2,3)18-12-14-19(15-13-18)26(24,25)22-16-8-10-17-9-6-7-11-20(17)23(4)5/h6-7,9,11-15,22H,16H2,1-5H3. The lowest BCUT2D eigenvalue weighted by Crippen LogP contribution is -2.24. The van der Waals surface area contributed by atoms with Gasteiger partial charge in [-0.3, -0.25) is 0 Å². The van der Waals surface area contributed by atoms with E-state index in [2.05, 4.69) is 37.3 Å². The smallest absolute Gasteiger partial charge is 0.241 e. The van der Waals surface area contributed by atoms with Crippen LogP contribution in [0.2, 0.25) is 0 Å². The Morgan fingerprint density at radius 2 is 1.62 bits per heavy atom. The van der Waals surface area contributed by atoms with Crippen LogP contribution in [0.25, 0.3) is 0 Å². The van der Waals surface area contributed by atoms with Gasteiger partial charge < -0.3 is 4.90 Å². The third-order valence-electron chi connectivity index (χ3n) is 3.99. The Labute approximate surface area is 157 Å². The Morgan fingerprint density at radius 3 is 2.19 bits per heavy atom. The van der Waals surface area contributed by atoms with Crippen LogP contribution in [0.1, 0.15) is 31.9 Å². The third-order valence-corrected chi connectivity index (χ3v) is 5.41. The monoisotopic (exact) mass is 370 g/mol. The number of hydrogen-bond acceptors (Lipinski definition) is 3. The van der Waals surface area contributed by atoms with E-state index in [4.69, 9.17) is 0 Å². The first-order valence-electron chi connectivity index (χ1n) is 8.47. The van der Waals surface area contributed by atoms with Gasteiger partial charge >= 0.3 is 0 Å². The van der Waals surface area contributed by atoms with Crippen LogP contribution in [-0.4, -0.2) is 29.1 Å². The molecule has 0 atom stereocenters. The average Bonchev–Trinajstić information content (AvgIpc) is 2.58. The topological polar surface area (TPSA) is 49.4 Å². The molecule has 0 aromatic heterocycles. The molecule has 26 heavy (non-hydrogen) atoms. The number of benzene rings is 2. The molecule has 0 aliphatic rings. The Bertz CT molecular complexity index is 913. The van der Waals surface area contributed by atoms with E-state index in [1.54, 1.807) is 12.1 Å². The van der Waals surface area contributed by atoms with Crippen molar-refractivity contribution < 1.29 is 8.42 Å². The quantitative estimate of drug-likeness (QED) is 0.840. The van der Waals surface area contributed by atoms with Gasteiger partial charge in [-0.15, -0.1) is 0 Å². The summed E-state index contributed by atoms with van der Waals surface area (Å²) in [6, 6.07) is 14.7. The summed E-state index contributed by atoms with van der Waals surface area (Å²) in [4.78, 5) is 2.23. The highest BCUT2D eigenvalue weighted by Crippen LogP contribution is 2.23. The number of nitrogens with zero attached hydrogens (tertiary/aromatic N) is 1. The maximum absolute atomic E-state index is 12.4. The SMILES string of the molecule is CN(C)c1ccccc1C#CCNS(=O)(=O)c1ccc(C(C)(C)C)cc1. The molecule has 0 saturated heterocycles. The molecule has 2 aromatic carbocycles. The molecule has 1 N–H and O–H groups in total. The van der Waals surface area contributed by atoms with Crippen molar-refractivity contribution in [2.45, 2.75) is 31.1 Å². The summed E-state index contributed by atoms with van der Waals surface area (Å²) in [6.07, 6.45) is 0. The van der Waals surface area contributed by atoms with Crippen LogP contribution in [0.4, 0.5) is 5.69 Å². The van der Waals surface area contributed by atoms with Gasteiger partial charge in [-0.25, -0.2) is 8.42 Å². The molecular weight excluding hydrogens is 344 g/mol. The van der Waals surface area contributed by atoms with Crippen LogP contribution in [0.5, 0.6) is 0 Å². The van der Waals surface area contributed by atoms with Gasteiger partial charge in [-0.05, 0) is 35.2 Å². The highest BCUT2D eigenvalue weighted by molar-refractivity contribution is 7.89. The Kier molecular flexibility index (Phi) is 6.12. The molecule has 138 valence electrons. The summed E-state index contributed by atoms with van der Waals surface area (Å²) in [5.41, 5.74) is 2.95. The summed E-state index contributed by atoms with van der Waals surface area (Å²) in [7, 11) is 0.331. The summed E-state index contributed by atoms with van der Waals surface area (Å²) < 4.78 is 27.3. The number of hydrogen-bond donors (Lipinski definition) is 1. The summed E-state index contributed by atoms with van der Waals surface area (Å²) in [5, 5.41) is 0. The van der Waals surface area contributed by atoms with Gasteiger partial charge in [0.1, 0.15) is 0 Å². The molecular formula is C21H26N2O2S. The van der Waals surface area contributed by atoms with E-state index in [9.17, 15) is 8.42 Å². The lowest BCUT2D eigenvalue weighted by atomic mass is 9.87.